The van der Waals surface area contributed by atoms with Crippen LogP contribution in [0.4, 0.5) is 0 Å². The second-order valence-corrected chi connectivity index (χ2v) is 4.27. The number of aromatic nitrogens is 2. The van der Waals surface area contributed by atoms with E-state index in [0.29, 0.717) is 0 Å². The molecule has 17 heavy (non-hydrogen) atoms. The second kappa shape index (κ2) is 4.57. The Balaban J connectivity index is 2.32. The lowest BCUT2D eigenvalue weighted by Crippen LogP contribution is -2.14. The van der Waals surface area contributed by atoms with Crippen LogP contribution < -0.4 is 0 Å². The minimum absolute atomic E-state index is 0.134. The molecule has 1 fully saturated rings. The van der Waals surface area contributed by atoms with Gasteiger partial charge in [-0.05, 0) is 12.8 Å². The molecule has 1 saturated carbocycles. The predicted octanol–water partition coefficient (Wildman–Crippen LogP) is 1.78. The lowest BCUT2D eigenvalue weighted by molar-refractivity contribution is 0.0648. The highest BCUT2D eigenvalue weighted by Crippen LogP contribution is 2.28. The van der Waals surface area contributed by atoms with Crippen LogP contribution in [0.3, 0.4) is 0 Å². The maximum absolute atomic E-state index is 10.9. The van der Waals surface area contributed by atoms with Crippen LogP contribution in [0.25, 0.3) is 0 Å². The normalized spacial score (nSPS) is 16.9. The molecule has 0 atom stereocenters. The van der Waals surface area contributed by atoms with E-state index >= 15 is 0 Å². The van der Waals surface area contributed by atoms with Gasteiger partial charge in [0.25, 0.3) is 0 Å². The summed E-state index contributed by atoms with van der Waals surface area (Å²) in [7, 11) is 0. The monoisotopic (exact) mass is 238 g/mol. The van der Waals surface area contributed by atoms with Crippen LogP contribution >= 0.6 is 0 Å². The van der Waals surface area contributed by atoms with Crippen molar-refractivity contribution in [2.45, 2.75) is 38.1 Å². The smallest absolute Gasteiger partial charge is 0.357 e. The van der Waals surface area contributed by atoms with Crippen molar-refractivity contribution >= 4 is 11.9 Å². The summed E-state index contributed by atoms with van der Waals surface area (Å²) in [5.74, 6) is -2.54. The number of rotatable bonds is 3. The highest BCUT2D eigenvalue weighted by Gasteiger charge is 2.24. The molecule has 0 aromatic carbocycles. The Hall–Kier alpha value is -1.85. The van der Waals surface area contributed by atoms with Crippen LogP contribution in [0.15, 0.2) is 6.20 Å². The topological polar surface area (TPSA) is 92.4 Å². The van der Waals surface area contributed by atoms with E-state index in [4.69, 9.17) is 10.2 Å². The summed E-state index contributed by atoms with van der Waals surface area (Å²) in [5, 5.41) is 21.7. The number of hydrogen-bond acceptors (Lipinski definition) is 3. The number of carboxylic acid groups (broad SMARTS) is 2. The lowest BCUT2D eigenvalue weighted by Gasteiger charge is -2.21. The van der Waals surface area contributed by atoms with Crippen molar-refractivity contribution in [1.29, 1.82) is 0 Å². The van der Waals surface area contributed by atoms with Gasteiger partial charge in [-0.2, -0.15) is 5.10 Å². The first kappa shape index (κ1) is 11.6. The quantitative estimate of drug-likeness (QED) is 0.837. The number of carboxylic acids is 2. The Morgan fingerprint density at radius 1 is 1.18 bits per heavy atom. The summed E-state index contributed by atoms with van der Waals surface area (Å²) in [5.41, 5.74) is -0.605. The maximum atomic E-state index is 10.9. The standard InChI is InChI=1S/C11H14N2O4/c14-10(15)8-6-13(12-9(8)11(16)17)7-4-2-1-3-5-7/h6-7H,1-5H2,(H,14,15)(H,16,17). The van der Waals surface area contributed by atoms with Gasteiger partial charge in [0.05, 0.1) is 6.04 Å². The molecule has 6 heteroatoms. The lowest BCUT2D eigenvalue weighted by atomic mass is 9.96. The third-order valence-corrected chi connectivity index (χ3v) is 3.11. The van der Waals surface area contributed by atoms with Gasteiger partial charge in [0.2, 0.25) is 0 Å². The van der Waals surface area contributed by atoms with E-state index in [2.05, 4.69) is 5.10 Å². The van der Waals surface area contributed by atoms with Crippen molar-refractivity contribution in [2.24, 2.45) is 0 Å². The van der Waals surface area contributed by atoms with Crippen molar-refractivity contribution in [3.63, 3.8) is 0 Å². The van der Waals surface area contributed by atoms with Crippen molar-refractivity contribution < 1.29 is 19.8 Å². The van der Waals surface area contributed by atoms with E-state index in [1.54, 1.807) is 0 Å². The van der Waals surface area contributed by atoms with Crippen LogP contribution in [-0.2, 0) is 0 Å². The summed E-state index contributed by atoms with van der Waals surface area (Å²) in [6.07, 6.45) is 6.53. The van der Waals surface area contributed by atoms with E-state index in [-0.39, 0.29) is 17.3 Å². The molecule has 0 saturated heterocycles. The van der Waals surface area contributed by atoms with Gasteiger partial charge in [-0.25, -0.2) is 9.59 Å². The van der Waals surface area contributed by atoms with E-state index in [0.717, 1.165) is 25.7 Å². The average Bonchev–Trinajstić information content (AvgIpc) is 2.75. The molecule has 1 aliphatic carbocycles. The number of nitrogens with zero attached hydrogens (tertiary/aromatic N) is 2. The average molecular weight is 238 g/mol. The maximum Gasteiger partial charge on any atom is 0.357 e. The molecule has 92 valence electrons. The Morgan fingerprint density at radius 2 is 1.82 bits per heavy atom. The molecule has 2 N–H and O–H groups in total. The van der Waals surface area contributed by atoms with Gasteiger partial charge in [0.1, 0.15) is 5.56 Å². The summed E-state index contributed by atoms with van der Waals surface area (Å²) < 4.78 is 1.51. The second-order valence-electron chi connectivity index (χ2n) is 4.27. The molecule has 0 unspecified atom stereocenters. The van der Waals surface area contributed by atoms with Crippen LogP contribution in [-0.4, -0.2) is 31.9 Å². The SMILES string of the molecule is O=C(O)c1cn(C2CCCCC2)nc1C(=O)O. The molecule has 6 nitrogen and oxygen atoms in total. The largest absolute Gasteiger partial charge is 0.478 e. The molecule has 1 heterocycles. The number of hydrogen-bond donors (Lipinski definition) is 2. The van der Waals surface area contributed by atoms with Gasteiger partial charge in [-0.15, -0.1) is 0 Å². The van der Waals surface area contributed by atoms with Crippen molar-refractivity contribution in [1.82, 2.24) is 9.78 Å². The molecular formula is C11H14N2O4. The van der Waals surface area contributed by atoms with Gasteiger partial charge in [0, 0.05) is 6.20 Å². The zero-order chi connectivity index (χ0) is 12.4. The molecular weight excluding hydrogens is 224 g/mol. The van der Waals surface area contributed by atoms with Crippen LogP contribution in [0.2, 0.25) is 0 Å². The fourth-order valence-corrected chi connectivity index (χ4v) is 2.24. The summed E-state index contributed by atoms with van der Waals surface area (Å²) in [6.45, 7) is 0. The molecule has 0 bridgehead atoms. The third kappa shape index (κ3) is 2.30. The number of aromatic carboxylic acids is 2. The summed E-state index contributed by atoms with van der Waals surface area (Å²) in [6, 6.07) is 0.134. The summed E-state index contributed by atoms with van der Waals surface area (Å²) >= 11 is 0. The molecule has 1 aliphatic rings. The van der Waals surface area contributed by atoms with Gasteiger partial charge in [-0.3, -0.25) is 4.68 Å². The molecule has 0 aliphatic heterocycles. The van der Waals surface area contributed by atoms with Gasteiger partial charge < -0.3 is 10.2 Å². The van der Waals surface area contributed by atoms with E-state index in [9.17, 15) is 9.59 Å². The molecule has 1 aromatic rings. The number of carbonyl (C=O) groups is 2. The van der Waals surface area contributed by atoms with E-state index in [1.807, 2.05) is 0 Å². The van der Waals surface area contributed by atoms with Gasteiger partial charge in [0.15, 0.2) is 5.69 Å². The van der Waals surface area contributed by atoms with Gasteiger partial charge >= 0.3 is 11.9 Å². The Labute approximate surface area is 97.9 Å². The minimum Gasteiger partial charge on any atom is -0.478 e. The summed E-state index contributed by atoms with van der Waals surface area (Å²) in [4.78, 5) is 21.8. The molecule has 1 aromatic heterocycles. The van der Waals surface area contributed by atoms with Crippen molar-refractivity contribution in [3.8, 4) is 0 Å². The van der Waals surface area contributed by atoms with Gasteiger partial charge in [-0.1, -0.05) is 19.3 Å². The predicted molar refractivity (Wildman–Crippen MR) is 58.3 cm³/mol. The Bertz CT molecular complexity index is 415. The van der Waals surface area contributed by atoms with Crippen LogP contribution in [0, 0.1) is 0 Å². The van der Waals surface area contributed by atoms with Crippen molar-refractivity contribution in [3.05, 3.63) is 17.5 Å². The molecule has 0 radical (unpaired) electrons. The highest BCUT2D eigenvalue weighted by molar-refractivity contribution is 6.00. The zero-order valence-corrected chi connectivity index (χ0v) is 9.30. The Kier molecular flexibility index (Phi) is 3.12. The molecule has 0 spiro atoms. The third-order valence-electron chi connectivity index (χ3n) is 3.11. The molecule has 2 rings (SSSR count). The first-order valence-electron chi connectivity index (χ1n) is 5.65. The van der Waals surface area contributed by atoms with Crippen LogP contribution in [0.1, 0.15) is 59.0 Å². The molecule has 0 amide bonds. The van der Waals surface area contributed by atoms with Crippen LogP contribution in [0.5, 0.6) is 0 Å². The van der Waals surface area contributed by atoms with E-state index in [1.165, 1.54) is 17.3 Å². The first-order chi connectivity index (χ1) is 8.09. The highest BCUT2D eigenvalue weighted by atomic mass is 16.4. The van der Waals surface area contributed by atoms with E-state index < -0.39 is 11.9 Å². The fourth-order valence-electron chi connectivity index (χ4n) is 2.24. The van der Waals surface area contributed by atoms with Crippen molar-refractivity contribution in [2.75, 3.05) is 0 Å². The first-order valence-corrected chi connectivity index (χ1v) is 5.65. The zero-order valence-electron chi connectivity index (χ0n) is 9.30. The fraction of sp³-hybridized carbons (Fsp3) is 0.545. The minimum atomic E-state index is -1.29. The Morgan fingerprint density at radius 3 is 2.29 bits per heavy atom.